The van der Waals surface area contributed by atoms with Crippen molar-refractivity contribution in [1.82, 2.24) is 10.2 Å². The average Bonchev–Trinajstić information content (AvgIpc) is 3.09. The van der Waals surface area contributed by atoms with Crippen molar-refractivity contribution in [3.8, 4) is 12.3 Å². The highest BCUT2D eigenvalue weighted by atomic mass is 16.4. The van der Waals surface area contributed by atoms with Gasteiger partial charge in [-0.1, -0.05) is 5.92 Å². The molecule has 0 aliphatic heterocycles. The van der Waals surface area contributed by atoms with Gasteiger partial charge in [-0.2, -0.15) is 0 Å². The van der Waals surface area contributed by atoms with Crippen LogP contribution in [0, 0.1) is 18.3 Å². The minimum Gasteiger partial charge on any atom is -0.481 e. The number of amides is 2. The van der Waals surface area contributed by atoms with Crippen LogP contribution in [-0.4, -0.2) is 40.6 Å². The molecule has 0 radical (unpaired) electrons. The molecule has 0 aromatic carbocycles. The molecule has 1 rings (SSSR count). The van der Waals surface area contributed by atoms with Crippen molar-refractivity contribution in [3.05, 3.63) is 0 Å². The molecule has 5 heteroatoms. The second-order valence-electron chi connectivity index (χ2n) is 5.74. The number of terminal acetylenes is 1. The highest BCUT2D eigenvalue weighted by Crippen LogP contribution is 2.29. The van der Waals surface area contributed by atoms with E-state index in [1.165, 1.54) is 0 Å². The first-order chi connectivity index (χ1) is 8.84. The third-order valence-corrected chi connectivity index (χ3v) is 3.15. The van der Waals surface area contributed by atoms with Gasteiger partial charge in [-0.25, -0.2) is 4.79 Å². The summed E-state index contributed by atoms with van der Waals surface area (Å²) in [5.74, 6) is 2.20. The van der Waals surface area contributed by atoms with E-state index in [4.69, 9.17) is 11.5 Å². The van der Waals surface area contributed by atoms with E-state index in [-0.39, 0.29) is 19.0 Å². The van der Waals surface area contributed by atoms with Gasteiger partial charge in [0.05, 0.1) is 6.54 Å². The van der Waals surface area contributed by atoms with E-state index in [2.05, 4.69) is 11.2 Å². The van der Waals surface area contributed by atoms with Gasteiger partial charge in [0.15, 0.2) is 0 Å². The summed E-state index contributed by atoms with van der Waals surface area (Å²) in [5.41, 5.74) is -0.550. The van der Waals surface area contributed by atoms with Crippen LogP contribution in [0.5, 0.6) is 0 Å². The summed E-state index contributed by atoms with van der Waals surface area (Å²) in [7, 11) is 0. The van der Waals surface area contributed by atoms with Gasteiger partial charge in [0.25, 0.3) is 0 Å². The molecular formula is C14H22N2O3. The van der Waals surface area contributed by atoms with Gasteiger partial charge in [0.2, 0.25) is 0 Å². The lowest BCUT2D eigenvalue weighted by atomic mass is 9.99. The monoisotopic (exact) mass is 266 g/mol. The van der Waals surface area contributed by atoms with Crippen molar-refractivity contribution in [3.63, 3.8) is 0 Å². The Morgan fingerprint density at radius 3 is 2.58 bits per heavy atom. The Hall–Kier alpha value is -1.70. The number of hydrogen-bond donors (Lipinski definition) is 2. The summed E-state index contributed by atoms with van der Waals surface area (Å²) < 4.78 is 0. The minimum atomic E-state index is -0.860. The molecular weight excluding hydrogens is 244 g/mol. The Morgan fingerprint density at radius 2 is 2.11 bits per heavy atom. The number of aliphatic carboxylic acids is 1. The van der Waals surface area contributed by atoms with Gasteiger partial charge < -0.3 is 15.3 Å². The standard InChI is InChI=1S/C14H22N2O3/c1-4-9-16(10-11-5-6-11)13(19)15-14(2,3)8-7-12(17)18/h1,11H,5-10H2,2-3H3,(H,15,19)(H,17,18). The summed E-state index contributed by atoms with van der Waals surface area (Å²) in [6, 6.07) is -0.208. The van der Waals surface area contributed by atoms with E-state index >= 15 is 0 Å². The summed E-state index contributed by atoms with van der Waals surface area (Å²) >= 11 is 0. The van der Waals surface area contributed by atoms with Gasteiger partial charge in [0.1, 0.15) is 0 Å². The van der Waals surface area contributed by atoms with Gasteiger partial charge >= 0.3 is 12.0 Å². The molecule has 1 fully saturated rings. The number of carbonyl (C=O) groups excluding carboxylic acids is 1. The zero-order chi connectivity index (χ0) is 14.5. The number of urea groups is 1. The molecule has 1 aliphatic rings. The quantitative estimate of drug-likeness (QED) is 0.689. The SMILES string of the molecule is C#CCN(CC1CC1)C(=O)NC(C)(C)CCC(=O)O. The molecule has 0 saturated heterocycles. The number of carboxylic acids is 1. The summed E-state index contributed by atoms with van der Waals surface area (Å²) in [6.07, 6.45) is 8.00. The molecule has 0 heterocycles. The third kappa shape index (κ3) is 6.14. The van der Waals surface area contributed by atoms with Crippen molar-refractivity contribution in [1.29, 1.82) is 0 Å². The normalized spacial score (nSPS) is 14.6. The van der Waals surface area contributed by atoms with Crippen molar-refractivity contribution in [2.45, 2.75) is 45.1 Å². The molecule has 19 heavy (non-hydrogen) atoms. The van der Waals surface area contributed by atoms with E-state index in [0.717, 1.165) is 12.8 Å². The fourth-order valence-corrected chi connectivity index (χ4v) is 1.79. The molecule has 0 aromatic heterocycles. The Morgan fingerprint density at radius 1 is 1.47 bits per heavy atom. The Labute approximate surface area is 114 Å². The van der Waals surface area contributed by atoms with Gasteiger partial charge in [0, 0.05) is 18.5 Å². The lowest BCUT2D eigenvalue weighted by Crippen LogP contribution is -2.50. The Kier molecular flexibility index (Phi) is 5.22. The Bertz CT molecular complexity index is 381. The van der Waals surface area contributed by atoms with Crippen LogP contribution in [0.3, 0.4) is 0 Å². The molecule has 106 valence electrons. The Balaban J connectivity index is 2.48. The van der Waals surface area contributed by atoms with Crippen LogP contribution in [0.1, 0.15) is 39.5 Å². The molecule has 1 aliphatic carbocycles. The molecule has 1 saturated carbocycles. The average molecular weight is 266 g/mol. The fraction of sp³-hybridized carbons (Fsp3) is 0.714. The number of nitrogens with zero attached hydrogens (tertiary/aromatic N) is 1. The zero-order valence-corrected chi connectivity index (χ0v) is 11.6. The lowest BCUT2D eigenvalue weighted by molar-refractivity contribution is -0.137. The highest BCUT2D eigenvalue weighted by molar-refractivity contribution is 5.75. The van der Waals surface area contributed by atoms with Gasteiger partial charge in [-0.3, -0.25) is 4.79 Å². The molecule has 0 spiro atoms. The number of carboxylic acid groups (broad SMARTS) is 1. The number of nitrogens with one attached hydrogen (secondary N) is 1. The molecule has 2 N–H and O–H groups in total. The van der Waals surface area contributed by atoms with Crippen LogP contribution in [0.2, 0.25) is 0 Å². The number of hydrogen-bond acceptors (Lipinski definition) is 2. The highest BCUT2D eigenvalue weighted by Gasteiger charge is 2.29. The first-order valence-electron chi connectivity index (χ1n) is 6.56. The maximum atomic E-state index is 12.1. The second kappa shape index (κ2) is 6.46. The maximum Gasteiger partial charge on any atom is 0.318 e. The van der Waals surface area contributed by atoms with Gasteiger partial charge in [-0.15, -0.1) is 6.42 Å². The van der Waals surface area contributed by atoms with Crippen LogP contribution in [-0.2, 0) is 4.79 Å². The summed E-state index contributed by atoms with van der Waals surface area (Å²) in [5, 5.41) is 11.5. The summed E-state index contributed by atoms with van der Waals surface area (Å²) in [6.45, 7) is 4.61. The summed E-state index contributed by atoms with van der Waals surface area (Å²) in [4.78, 5) is 24.3. The first kappa shape index (κ1) is 15.4. The topological polar surface area (TPSA) is 69.6 Å². The van der Waals surface area contributed by atoms with Crippen LogP contribution >= 0.6 is 0 Å². The van der Waals surface area contributed by atoms with Crippen LogP contribution in [0.25, 0.3) is 0 Å². The van der Waals surface area contributed by atoms with E-state index < -0.39 is 11.5 Å². The van der Waals surface area contributed by atoms with E-state index in [1.807, 2.05) is 13.8 Å². The van der Waals surface area contributed by atoms with Crippen molar-refractivity contribution in [2.24, 2.45) is 5.92 Å². The molecule has 0 unspecified atom stereocenters. The fourth-order valence-electron chi connectivity index (χ4n) is 1.79. The van der Waals surface area contributed by atoms with Crippen molar-refractivity contribution < 1.29 is 14.7 Å². The van der Waals surface area contributed by atoms with Crippen molar-refractivity contribution in [2.75, 3.05) is 13.1 Å². The van der Waals surface area contributed by atoms with Crippen LogP contribution in [0.15, 0.2) is 0 Å². The smallest absolute Gasteiger partial charge is 0.318 e. The van der Waals surface area contributed by atoms with Crippen molar-refractivity contribution >= 4 is 12.0 Å². The third-order valence-electron chi connectivity index (χ3n) is 3.15. The number of carbonyl (C=O) groups is 2. The minimum absolute atomic E-state index is 0.0328. The van der Waals surface area contributed by atoms with E-state index in [0.29, 0.717) is 18.9 Å². The van der Waals surface area contributed by atoms with E-state index in [1.54, 1.807) is 4.90 Å². The largest absolute Gasteiger partial charge is 0.481 e. The van der Waals surface area contributed by atoms with Crippen LogP contribution < -0.4 is 5.32 Å². The van der Waals surface area contributed by atoms with Gasteiger partial charge in [-0.05, 0) is 39.0 Å². The first-order valence-corrected chi connectivity index (χ1v) is 6.56. The van der Waals surface area contributed by atoms with Crippen LogP contribution in [0.4, 0.5) is 4.79 Å². The molecule has 0 aromatic rings. The predicted octanol–water partition coefficient (Wildman–Crippen LogP) is 1.68. The molecule has 5 nitrogen and oxygen atoms in total. The molecule has 2 amide bonds. The lowest BCUT2D eigenvalue weighted by Gasteiger charge is -2.30. The second-order valence-corrected chi connectivity index (χ2v) is 5.74. The molecule has 0 bridgehead atoms. The zero-order valence-electron chi connectivity index (χ0n) is 11.6. The predicted molar refractivity (Wildman–Crippen MR) is 72.6 cm³/mol. The number of rotatable bonds is 7. The maximum absolute atomic E-state index is 12.1. The van der Waals surface area contributed by atoms with E-state index in [9.17, 15) is 9.59 Å². The molecule has 0 atom stereocenters.